The van der Waals surface area contributed by atoms with E-state index in [4.69, 9.17) is 4.42 Å². The summed E-state index contributed by atoms with van der Waals surface area (Å²) in [5.74, 6) is 0. The van der Waals surface area contributed by atoms with Crippen molar-refractivity contribution in [2.75, 3.05) is 4.90 Å². The summed E-state index contributed by atoms with van der Waals surface area (Å²) < 4.78 is 6.68. The van der Waals surface area contributed by atoms with Gasteiger partial charge < -0.3 is 9.32 Å². The summed E-state index contributed by atoms with van der Waals surface area (Å²) in [5.41, 5.74) is 15.8. The Hall–Kier alpha value is -5.60. The van der Waals surface area contributed by atoms with Gasteiger partial charge in [0.1, 0.15) is 11.2 Å². The summed E-state index contributed by atoms with van der Waals surface area (Å²) in [5, 5.41) is 4.80. The summed E-state index contributed by atoms with van der Waals surface area (Å²) in [7, 11) is 0. The number of fused-ring (bicyclic) bond motifs is 13. The molecule has 48 heavy (non-hydrogen) atoms. The lowest BCUT2D eigenvalue weighted by atomic mass is 9.79. The van der Waals surface area contributed by atoms with E-state index < -0.39 is 0 Å². The number of benzene rings is 7. The van der Waals surface area contributed by atoms with Gasteiger partial charge in [-0.2, -0.15) is 0 Å². The Balaban J connectivity index is 1.30. The summed E-state index contributed by atoms with van der Waals surface area (Å²) in [6, 6.07) is 51.1. The van der Waals surface area contributed by atoms with Crippen LogP contribution in [0.2, 0.25) is 0 Å². The molecule has 2 nitrogen and oxygen atoms in total. The van der Waals surface area contributed by atoms with Crippen LogP contribution in [0.3, 0.4) is 0 Å². The van der Waals surface area contributed by atoms with E-state index in [0.29, 0.717) is 0 Å². The van der Waals surface area contributed by atoms with E-state index in [1.165, 1.54) is 72.0 Å². The SMILES string of the molecule is CC1(C)c2ccccc2-c2ccc(N(c3ccccc3)c3cccc4c3-c3c(c5c6ccccc6oc5c5ccccc35)C4(C)C)cc21. The molecule has 2 aliphatic rings. The predicted octanol–water partition coefficient (Wildman–Crippen LogP) is 12.8. The van der Waals surface area contributed by atoms with Crippen LogP contribution in [0, 0.1) is 0 Å². The molecule has 10 rings (SSSR count). The number of anilines is 3. The van der Waals surface area contributed by atoms with E-state index in [-0.39, 0.29) is 10.8 Å². The summed E-state index contributed by atoms with van der Waals surface area (Å²) >= 11 is 0. The van der Waals surface area contributed by atoms with Crippen LogP contribution in [-0.2, 0) is 10.8 Å². The van der Waals surface area contributed by atoms with Gasteiger partial charge in [0.05, 0.1) is 5.69 Å². The van der Waals surface area contributed by atoms with Gasteiger partial charge >= 0.3 is 0 Å². The van der Waals surface area contributed by atoms with Gasteiger partial charge in [-0.15, -0.1) is 0 Å². The fourth-order valence-corrected chi connectivity index (χ4v) is 9.01. The largest absolute Gasteiger partial charge is 0.455 e. The lowest BCUT2D eigenvalue weighted by molar-refractivity contribution is 0.659. The standard InChI is InChI=1S/C46H35NO/c1-45(2)35-21-12-10-17-30(35)31-26-25-29(27-37(31)45)47(28-15-6-5-7-16-28)38-23-14-22-36-42(38)40-32-18-8-9-19-33(32)44-41(43(40)46(36,3)4)34-20-11-13-24-39(34)48-44/h5-27H,1-4H3. The molecule has 0 amide bonds. The fourth-order valence-electron chi connectivity index (χ4n) is 9.01. The molecule has 1 heterocycles. The summed E-state index contributed by atoms with van der Waals surface area (Å²) in [6.07, 6.45) is 0. The van der Waals surface area contributed by atoms with Gasteiger partial charge in [-0.05, 0) is 80.7 Å². The van der Waals surface area contributed by atoms with E-state index in [9.17, 15) is 0 Å². The molecular weight excluding hydrogens is 583 g/mol. The van der Waals surface area contributed by atoms with Gasteiger partial charge in [-0.3, -0.25) is 0 Å². The smallest absolute Gasteiger partial charge is 0.143 e. The molecule has 0 N–H and O–H groups in total. The molecule has 0 saturated heterocycles. The maximum Gasteiger partial charge on any atom is 0.143 e. The molecule has 0 spiro atoms. The highest BCUT2D eigenvalue weighted by molar-refractivity contribution is 6.24. The van der Waals surface area contributed by atoms with Crippen LogP contribution in [-0.4, -0.2) is 0 Å². The molecule has 7 aromatic carbocycles. The van der Waals surface area contributed by atoms with Crippen molar-refractivity contribution in [1.29, 1.82) is 0 Å². The minimum atomic E-state index is -0.250. The van der Waals surface area contributed by atoms with E-state index >= 15 is 0 Å². The highest BCUT2D eigenvalue weighted by Crippen LogP contribution is 2.60. The normalized spacial score (nSPS) is 15.0. The second-order valence-electron chi connectivity index (χ2n) is 14.5. The predicted molar refractivity (Wildman–Crippen MR) is 201 cm³/mol. The van der Waals surface area contributed by atoms with Crippen LogP contribution in [0.1, 0.15) is 49.9 Å². The Labute approximate surface area is 280 Å². The Morgan fingerprint density at radius 3 is 1.98 bits per heavy atom. The summed E-state index contributed by atoms with van der Waals surface area (Å²) in [6.45, 7) is 9.50. The zero-order valence-electron chi connectivity index (χ0n) is 27.6. The lowest BCUT2D eigenvalue weighted by Gasteiger charge is -2.30. The summed E-state index contributed by atoms with van der Waals surface area (Å²) in [4.78, 5) is 2.48. The van der Waals surface area contributed by atoms with Crippen molar-refractivity contribution in [3.63, 3.8) is 0 Å². The van der Waals surface area contributed by atoms with Crippen LogP contribution >= 0.6 is 0 Å². The van der Waals surface area contributed by atoms with E-state index in [1.807, 2.05) is 0 Å². The molecule has 0 atom stereocenters. The molecule has 0 saturated carbocycles. The van der Waals surface area contributed by atoms with Gasteiger partial charge in [0.25, 0.3) is 0 Å². The lowest BCUT2D eigenvalue weighted by Crippen LogP contribution is -2.17. The van der Waals surface area contributed by atoms with Crippen molar-refractivity contribution in [3.05, 3.63) is 162 Å². The number of hydrogen-bond acceptors (Lipinski definition) is 2. The highest BCUT2D eigenvalue weighted by atomic mass is 16.3. The van der Waals surface area contributed by atoms with Crippen molar-refractivity contribution in [2.45, 2.75) is 38.5 Å². The van der Waals surface area contributed by atoms with E-state index in [0.717, 1.165) is 22.2 Å². The van der Waals surface area contributed by atoms with Crippen molar-refractivity contribution in [1.82, 2.24) is 0 Å². The third-order valence-corrected chi connectivity index (χ3v) is 11.2. The number of rotatable bonds is 3. The van der Waals surface area contributed by atoms with Crippen molar-refractivity contribution >= 4 is 49.8 Å². The first-order valence-electron chi connectivity index (χ1n) is 17.0. The van der Waals surface area contributed by atoms with Gasteiger partial charge in [0.2, 0.25) is 0 Å². The topological polar surface area (TPSA) is 16.4 Å². The van der Waals surface area contributed by atoms with Crippen LogP contribution in [0.5, 0.6) is 0 Å². The Bertz CT molecular complexity index is 2620. The van der Waals surface area contributed by atoms with Gasteiger partial charge in [0.15, 0.2) is 0 Å². The minimum Gasteiger partial charge on any atom is -0.455 e. The van der Waals surface area contributed by atoms with Crippen molar-refractivity contribution < 1.29 is 4.42 Å². The molecule has 0 bridgehead atoms. The minimum absolute atomic E-state index is 0.0956. The Morgan fingerprint density at radius 1 is 0.479 bits per heavy atom. The first-order valence-corrected chi connectivity index (χ1v) is 17.0. The molecular formula is C46H35NO. The number of nitrogens with zero attached hydrogens (tertiary/aromatic N) is 1. The number of para-hydroxylation sites is 2. The molecule has 0 unspecified atom stereocenters. The first-order chi connectivity index (χ1) is 23.4. The third-order valence-electron chi connectivity index (χ3n) is 11.2. The van der Waals surface area contributed by atoms with Gasteiger partial charge in [-0.1, -0.05) is 131 Å². The molecule has 230 valence electrons. The quantitative estimate of drug-likeness (QED) is 0.196. The number of furan rings is 1. The van der Waals surface area contributed by atoms with E-state index in [2.05, 4.69) is 172 Å². The Morgan fingerprint density at radius 2 is 1.15 bits per heavy atom. The molecule has 8 aromatic rings. The van der Waals surface area contributed by atoms with Crippen LogP contribution in [0.15, 0.2) is 144 Å². The van der Waals surface area contributed by atoms with Crippen LogP contribution in [0.25, 0.3) is 55.0 Å². The average molecular weight is 618 g/mol. The molecule has 0 fully saturated rings. The first kappa shape index (κ1) is 27.5. The maximum absolute atomic E-state index is 6.68. The van der Waals surface area contributed by atoms with Crippen LogP contribution < -0.4 is 4.90 Å². The second kappa shape index (κ2) is 9.49. The fraction of sp³-hybridized carbons (Fsp3) is 0.130. The Kier molecular flexibility index (Phi) is 5.44. The number of hydrogen-bond donors (Lipinski definition) is 0. The third kappa shape index (κ3) is 3.47. The van der Waals surface area contributed by atoms with Crippen molar-refractivity contribution in [3.8, 4) is 22.3 Å². The van der Waals surface area contributed by atoms with Crippen molar-refractivity contribution in [2.24, 2.45) is 0 Å². The molecule has 2 aliphatic carbocycles. The second-order valence-corrected chi connectivity index (χ2v) is 14.5. The maximum atomic E-state index is 6.68. The molecule has 1 aromatic heterocycles. The zero-order chi connectivity index (χ0) is 32.4. The molecule has 0 aliphatic heterocycles. The van der Waals surface area contributed by atoms with Crippen LogP contribution in [0.4, 0.5) is 17.1 Å². The van der Waals surface area contributed by atoms with Gasteiger partial charge in [0, 0.05) is 43.9 Å². The van der Waals surface area contributed by atoms with E-state index in [1.54, 1.807) is 0 Å². The molecule has 2 heteroatoms. The van der Waals surface area contributed by atoms with Gasteiger partial charge in [-0.25, -0.2) is 0 Å². The monoisotopic (exact) mass is 617 g/mol. The highest BCUT2D eigenvalue weighted by Gasteiger charge is 2.42. The molecule has 0 radical (unpaired) electrons. The zero-order valence-corrected chi connectivity index (χ0v) is 27.6. The average Bonchev–Trinajstić information content (AvgIpc) is 3.69.